The Hall–Kier alpha value is -3.04. The van der Waals surface area contributed by atoms with Crippen molar-refractivity contribution >= 4 is 11.7 Å². The van der Waals surface area contributed by atoms with E-state index in [4.69, 9.17) is 5.26 Å². The Morgan fingerprint density at radius 2 is 1.93 bits per heavy atom. The summed E-state index contributed by atoms with van der Waals surface area (Å²) in [7, 11) is 0. The molecule has 1 aliphatic carbocycles. The van der Waals surface area contributed by atoms with Crippen LogP contribution in [0.25, 0.3) is 0 Å². The number of para-hydroxylation sites is 1. The molecule has 0 saturated heterocycles. The summed E-state index contributed by atoms with van der Waals surface area (Å²) in [5, 5.41) is 34.8. The van der Waals surface area contributed by atoms with Crippen molar-refractivity contribution in [2.45, 2.75) is 31.1 Å². The highest BCUT2D eigenvalue weighted by Crippen LogP contribution is 2.48. The van der Waals surface area contributed by atoms with E-state index < -0.39 is 11.4 Å². The molecular formula is C22H25N3O3. The Labute approximate surface area is 164 Å². The summed E-state index contributed by atoms with van der Waals surface area (Å²) in [5.41, 5.74) is 2.25. The lowest BCUT2D eigenvalue weighted by Crippen LogP contribution is -2.21. The van der Waals surface area contributed by atoms with Crippen LogP contribution in [0.1, 0.15) is 36.0 Å². The van der Waals surface area contributed by atoms with Gasteiger partial charge in [-0.25, -0.2) is 0 Å². The van der Waals surface area contributed by atoms with E-state index >= 15 is 0 Å². The van der Waals surface area contributed by atoms with Crippen molar-refractivity contribution in [2.75, 3.05) is 25.0 Å². The molecule has 0 atom stereocenters. The normalized spacial score (nSPS) is 14.2. The lowest BCUT2D eigenvalue weighted by molar-refractivity contribution is -0.140. The standard InChI is InChI=1S/C22H25N3O3/c23-15-17-5-2-7-19(20(17)26)25-12-3-11-24-13-8-16-4-1-6-18(14-16)22(9-10-22)21(27)28/h1-2,4-7,14,24-26H,3,8-13H2,(H,27,28). The van der Waals surface area contributed by atoms with Gasteiger partial charge in [0.1, 0.15) is 6.07 Å². The van der Waals surface area contributed by atoms with Crippen LogP contribution < -0.4 is 10.6 Å². The number of hydrogen-bond donors (Lipinski definition) is 4. The molecule has 146 valence electrons. The van der Waals surface area contributed by atoms with Crippen molar-refractivity contribution in [2.24, 2.45) is 0 Å². The number of rotatable bonds is 10. The molecule has 6 nitrogen and oxygen atoms in total. The van der Waals surface area contributed by atoms with Crippen LogP contribution in [0.4, 0.5) is 5.69 Å². The number of nitrogens with zero attached hydrogens (tertiary/aromatic N) is 1. The van der Waals surface area contributed by atoms with Crippen molar-refractivity contribution in [3.8, 4) is 11.8 Å². The Kier molecular flexibility index (Phi) is 6.17. The number of aliphatic carboxylic acids is 1. The average Bonchev–Trinajstić information content (AvgIpc) is 3.51. The summed E-state index contributed by atoms with van der Waals surface area (Å²) in [6.45, 7) is 2.33. The third-order valence-electron chi connectivity index (χ3n) is 5.23. The van der Waals surface area contributed by atoms with Gasteiger partial charge in [0.25, 0.3) is 0 Å². The number of aromatic hydroxyl groups is 1. The number of carboxylic acids is 1. The molecule has 0 heterocycles. The first-order chi connectivity index (χ1) is 13.6. The van der Waals surface area contributed by atoms with Gasteiger partial charge >= 0.3 is 5.97 Å². The van der Waals surface area contributed by atoms with Crippen LogP contribution in [0.2, 0.25) is 0 Å². The smallest absolute Gasteiger partial charge is 0.314 e. The maximum Gasteiger partial charge on any atom is 0.314 e. The molecule has 1 aliphatic rings. The zero-order chi connectivity index (χ0) is 20.0. The van der Waals surface area contributed by atoms with E-state index in [1.807, 2.05) is 30.3 Å². The molecule has 0 aromatic heterocycles. The third-order valence-corrected chi connectivity index (χ3v) is 5.23. The van der Waals surface area contributed by atoms with Crippen molar-refractivity contribution in [1.29, 1.82) is 5.26 Å². The van der Waals surface area contributed by atoms with Gasteiger partial charge in [0, 0.05) is 6.54 Å². The molecule has 3 rings (SSSR count). The summed E-state index contributed by atoms with van der Waals surface area (Å²) >= 11 is 0. The van der Waals surface area contributed by atoms with Crippen LogP contribution in [0.15, 0.2) is 42.5 Å². The molecule has 4 N–H and O–H groups in total. The molecule has 28 heavy (non-hydrogen) atoms. The number of benzene rings is 2. The molecule has 0 aliphatic heterocycles. The molecule has 0 radical (unpaired) electrons. The minimum atomic E-state index is -0.721. The van der Waals surface area contributed by atoms with Gasteiger partial charge in [0.15, 0.2) is 5.75 Å². The highest BCUT2D eigenvalue weighted by molar-refractivity contribution is 5.84. The topological polar surface area (TPSA) is 105 Å². The van der Waals surface area contributed by atoms with E-state index in [0.717, 1.165) is 49.9 Å². The first kappa shape index (κ1) is 19.7. The van der Waals surface area contributed by atoms with Crippen molar-refractivity contribution in [3.63, 3.8) is 0 Å². The second-order valence-electron chi connectivity index (χ2n) is 7.18. The number of nitrogens with one attached hydrogen (secondary N) is 2. The molecule has 0 unspecified atom stereocenters. The molecule has 0 amide bonds. The maximum absolute atomic E-state index is 11.5. The quantitative estimate of drug-likeness (QED) is 0.374. The van der Waals surface area contributed by atoms with Crippen LogP contribution in [0, 0.1) is 11.3 Å². The fourth-order valence-corrected chi connectivity index (χ4v) is 3.35. The first-order valence-corrected chi connectivity index (χ1v) is 9.56. The Bertz CT molecular complexity index is 885. The van der Waals surface area contributed by atoms with E-state index in [1.165, 1.54) is 0 Å². The molecule has 2 aromatic rings. The summed E-state index contributed by atoms with van der Waals surface area (Å²) in [4.78, 5) is 11.5. The fourth-order valence-electron chi connectivity index (χ4n) is 3.35. The third kappa shape index (κ3) is 4.44. The number of phenols is 1. The van der Waals surface area contributed by atoms with Gasteiger partial charge in [-0.1, -0.05) is 30.3 Å². The number of carboxylic acid groups (broad SMARTS) is 1. The monoisotopic (exact) mass is 379 g/mol. The summed E-state index contributed by atoms with van der Waals surface area (Å²) in [5.74, 6) is -0.728. The van der Waals surface area contributed by atoms with Crippen LogP contribution in [0.3, 0.4) is 0 Å². The minimum Gasteiger partial charge on any atom is -0.504 e. The van der Waals surface area contributed by atoms with E-state index in [-0.39, 0.29) is 11.3 Å². The zero-order valence-corrected chi connectivity index (χ0v) is 15.7. The van der Waals surface area contributed by atoms with Crippen LogP contribution in [0.5, 0.6) is 5.75 Å². The van der Waals surface area contributed by atoms with Crippen molar-refractivity contribution < 1.29 is 15.0 Å². The largest absolute Gasteiger partial charge is 0.504 e. The maximum atomic E-state index is 11.5. The minimum absolute atomic E-state index is 0.00682. The van der Waals surface area contributed by atoms with Crippen LogP contribution in [-0.4, -0.2) is 35.8 Å². The summed E-state index contributed by atoms with van der Waals surface area (Å²) < 4.78 is 0. The molecule has 1 saturated carbocycles. The SMILES string of the molecule is N#Cc1cccc(NCCCNCCc2cccc(C3(C(=O)O)CC3)c2)c1O. The lowest BCUT2D eigenvalue weighted by Gasteiger charge is -2.12. The van der Waals surface area contributed by atoms with E-state index in [0.29, 0.717) is 12.2 Å². The summed E-state index contributed by atoms with van der Waals surface area (Å²) in [6, 6.07) is 15.0. The van der Waals surface area contributed by atoms with Gasteiger partial charge in [-0.2, -0.15) is 5.26 Å². The van der Waals surface area contributed by atoms with Crippen LogP contribution >= 0.6 is 0 Å². The Morgan fingerprint density at radius 1 is 1.14 bits per heavy atom. The van der Waals surface area contributed by atoms with Crippen molar-refractivity contribution in [3.05, 3.63) is 59.2 Å². The molecule has 0 bridgehead atoms. The zero-order valence-electron chi connectivity index (χ0n) is 15.7. The number of anilines is 1. The van der Waals surface area contributed by atoms with Gasteiger partial charge in [0.05, 0.1) is 16.7 Å². The van der Waals surface area contributed by atoms with E-state index in [1.54, 1.807) is 18.2 Å². The Morgan fingerprint density at radius 3 is 2.64 bits per heavy atom. The summed E-state index contributed by atoms with van der Waals surface area (Å²) in [6.07, 6.45) is 3.17. The highest BCUT2D eigenvalue weighted by Gasteiger charge is 2.51. The second kappa shape index (κ2) is 8.77. The predicted octanol–water partition coefficient (Wildman–Crippen LogP) is 3.01. The predicted molar refractivity (Wildman–Crippen MR) is 107 cm³/mol. The number of hydrogen-bond acceptors (Lipinski definition) is 5. The van der Waals surface area contributed by atoms with Gasteiger partial charge in [-0.3, -0.25) is 4.79 Å². The van der Waals surface area contributed by atoms with Gasteiger partial charge in [-0.15, -0.1) is 0 Å². The van der Waals surface area contributed by atoms with Gasteiger partial charge in [0.2, 0.25) is 0 Å². The molecule has 1 fully saturated rings. The molecule has 6 heteroatoms. The van der Waals surface area contributed by atoms with E-state index in [9.17, 15) is 15.0 Å². The Balaban J connectivity index is 1.37. The molecule has 0 spiro atoms. The number of carbonyl (C=O) groups is 1. The van der Waals surface area contributed by atoms with Gasteiger partial charge < -0.3 is 20.8 Å². The fraction of sp³-hybridized carbons (Fsp3) is 0.364. The lowest BCUT2D eigenvalue weighted by atomic mass is 9.94. The van der Waals surface area contributed by atoms with Crippen LogP contribution in [-0.2, 0) is 16.6 Å². The van der Waals surface area contributed by atoms with Crippen molar-refractivity contribution in [1.82, 2.24) is 5.32 Å². The molecular weight excluding hydrogens is 354 g/mol. The first-order valence-electron chi connectivity index (χ1n) is 9.56. The number of phenolic OH excluding ortho intramolecular Hbond substituents is 1. The number of nitriles is 1. The van der Waals surface area contributed by atoms with E-state index in [2.05, 4.69) is 10.6 Å². The second-order valence-corrected chi connectivity index (χ2v) is 7.18. The average molecular weight is 379 g/mol. The highest BCUT2D eigenvalue weighted by atomic mass is 16.4. The molecule has 2 aromatic carbocycles. The van der Waals surface area contributed by atoms with Gasteiger partial charge in [-0.05, 0) is 62.0 Å².